The summed E-state index contributed by atoms with van der Waals surface area (Å²) in [6.07, 6.45) is 17.6. The van der Waals surface area contributed by atoms with Gasteiger partial charge in [0.25, 0.3) is 0 Å². The molecule has 480 valence electrons. The van der Waals surface area contributed by atoms with Crippen LogP contribution in [0.15, 0.2) is 218 Å². The summed E-state index contributed by atoms with van der Waals surface area (Å²) in [6.45, 7) is 28.1. The van der Waals surface area contributed by atoms with Crippen LogP contribution in [0.1, 0.15) is 222 Å². The minimum atomic E-state index is -0.543. The van der Waals surface area contributed by atoms with E-state index in [2.05, 4.69) is 301 Å². The largest absolute Gasteiger partial charge is 0.0713 e. The lowest BCUT2D eigenvalue weighted by Gasteiger charge is -2.36. The number of hydrogen-bond acceptors (Lipinski definition) is 0. The first kappa shape index (κ1) is 64.0. The number of fused-ring (bicyclic) bond motifs is 10. The van der Waals surface area contributed by atoms with Gasteiger partial charge in [-0.25, -0.2) is 0 Å². The van der Waals surface area contributed by atoms with E-state index >= 15 is 0 Å². The Morgan fingerprint density at radius 1 is 0.284 bits per heavy atom. The van der Waals surface area contributed by atoms with Crippen LogP contribution in [0.25, 0.3) is 98.7 Å². The summed E-state index contributed by atoms with van der Waals surface area (Å²) in [5, 5.41) is 10.3. The van der Waals surface area contributed by atoms with Crippen molar-refractivity contribution in [1.82, 2.24) is 0 Å². The van der Waals surface area contributed by atoms with Crippen LogP contribution < -0.4 is 0 Å². The van der Waals surface area contributed by atoms with E-state index < -0.39 is 5.41 Å². The molecule has 0 saturated carbocycles. The summed E-state index contributed by atoms with van der Waals surface area (Å²) in [6, 6.07) is 87.3. The van der Waals surface area contributed by atoms with E-state index in [1.54, 1.807) is 5.56 Å². The number of aryl methyl sites for hydroxylation is 1. The summed E-state index contributed by atoms with van der Waals surface area (Å²) in [5.74, 6) is 0. The Labute approximate surface area is 569 Å². The number of hydrogen-bond donors (Lipinski definition) is 0. The van der Waals surface area contributed by atoms with Gasteiger partial charge in [0.15, 0.2) is 0 Å². The first-order valence-corrected chi connectivity index (χ1v) is 36.5. The molecule has 12 aromatic carbocycles. The third kappa shape index (κ3) is 11.4. The number of rotatable bonds is 19. The molecule has 0 radical (unpaired) electrons. The zero-order chi connectivity index (χ0) is 66.0. The van der Waals surface area contributed by atoms with Crippen molar-refractivity contribution >= 4 is 43.1 Å². The van der Waals surface area contributed by atoms with E-state index in [0.717, 1.165) is 12.8 Å². The fourth-order valence-electron chi connectivity index (χ4n) is 17.2. The molecule has 0 bridgehead atoms. The first-order valence-electron chi connectivity index (χ1n) is 36.5. The summed E-state index contributed by atoms with van der Waals surface area (Å²) < 4.78 is 0. The molecule has 0 aromatic heterocycles. The van der Waals surface area contributed by atoms with Crippen molar-refractivity contribution in [2.75, 3.05) is 0 Å². The summed E-state index contributed by atoms with van der Waals surface area (Å²) in [4.78, 5) is 0. The molecule has 0 saturated heterocycles. The molecular formula is C95H100. The average Bonchev–Trinajstić information content (AvgIpc) is 1.52. The highest BCUT2D eigenvalue weighted by molar-refractivity contribution is 6.26. The third-order valence-corrected chi connectivity index (χ3v) is 22.5. The number of unbranched alkanes of at least 4 members (excludes halogenated alkanes) is 10. The van der Waals surface area contributed by atoms with E-state index in [9.17, 15) is 0 Å². The van der Waals surface area contributed by atoms with Crippen LogP contribution in [0.2, 0.25) is 0 Å². The molecule has 95 heavy (non-hydrogen) atoms. The number of benzene rings is 12. The predicted molar refractivity (Wildman–Crippen MR) is 413 cm³/mol. The lowest BCUT2D eigenvalue weighted by molar-refractivity contribution is 0.398. The molecule has 0 heteroatoms. The Hall–Kier alpha value is -8.32. The van der Waals surface area contributed by atoms with Gasteiger partial charge in [-0.15, -0.1) is 0 Å². The minimum absolute atomic E-state index is 0.0259. The zero-order valence-electron chi connectivity index (χ0n) is 59.2. The van der Waals surface area contributed by atoms with E-state index in [0.29, 0.717) is 0 Å². The topological polar surface area (TPSA) is 0 Å². The highest BCUT2D eigenvalue weighted by Gasteiger charge is 2.50. The van der Waals surface area contributed by atoms with Crippen LogP contribution in [0.5, 0.6) is 0 Å². The third-order valence-electron chi connectivity index (χ3n) is 22.5. The Bertz CT molecular complexity index is 4760. The van der Waals surface area contributed by atoms with Gasteiger partial charge in [0, 0.05) is 5.41 Å². The summed E-state index contributed by atoms with van der Waals surface area (Å²) in [7, 11) is 0. The minimum Gasteiger partial charge on any atom is -0.0654 e. The molecule has 0 N–H and O–H groups in total. The van der Waals surface area contributed by atoms with Gasteiger partial charge in [0.05, 0.1) is 5.41 Å². The maximum absolute atomic E-state index is 2.78. The lowest BCUT2D eigenvalue weighted by atomic mass is 9.66. The second-order valence-electron chi connectivity index (χ2n) is 31.8. The monoisotopic (exact) mass is 1240 g/mol. The molecule has 0 nitrogen and oxygen atoms in total. The van der Waals surface area contributed by atoms with Crippen LogP contribution in [-0.2, 0) is 27.1 Å². The predicted octanol–water partition coefficient (Wildman–Crippen LogP) is 27.6. The van der Waals surface area contributed by atoms with Crippen LogP contribution in [0.3, 0.4) is 0 Å². The molecule has 12 aromatic rings. The van der Waals surface area contributed by atoms with Crippen LogP contribution in [0, 0.1) is 6.92 Å². The molecule has 0 fully saturated rings. The fraction of sp³-hybridized carbons (Fsp3) is 0.326. The van der Waals surface area contributed by atoms with Crippen molar-refractivity contribution in [3.05, 3.63) is 274 Å². The Kier molecular flexibility index (Phi) is 17.1. The molecular weight excluding hydrogens is 1140 g/mol. The summed E-state index contributed by atoms with van der Waals surface area (Å²) in [5.41, 5.74) is 26.6. The van der Waals surface area contributed by atoms with Crippen molar-refractivity contribution in [2.45, 2.75) is 200 Å². The van der Waals surface area contributed by atoms with Crippen molar-refractivity contribution in [2.24, 2.45) is 0 Å². The van der Waals surface area contributed by atoms with Gasteiger partial charge in [-0.2, -0.15) is 0 Å². The van der Waals surface area contributed by atoms with Crippen molar-refractivity contribution in [3.63, 3.8) is 0 Å². The molecule has 0 atom stereocenters. The lowest BCUT2D eigenvalue weighted by Crippen LogP contribution is -2.29. The molecule has 2 aliphatic carbocycles. The van der Waals surface area contributed by atoms with Crippen molar-refractivity contribution < 1.29 is 0 Å². The van der Waals surface area contributed by atoms with Gasteiger partial charge in [-0.3, -0.25) is 0 Å². The Morgan fingerprint density at radius 2 is 0.695 bits per heavy atom. The quantitative estimate of drug-likeness (QED) is 0.0559. The average molecular weight is 1240 g/mol. The van der Waals surface area contributed by atoms with Gasteiger partial charge < -0.3 is 0 Å². The second-order valence-corrected chi connectivity index (χ2v) is 31.8. The van der Waals surface area contributed by atoms with Crippen molar-refractivity contribution in [1.29, 1.82) is 0 Å². The smallest absolute Gasteiger partial charge is 0.0654 e. The zero-order valence-corrected chi connectivity index (χ0v) is 59.2. The molecule has 0 heterocycles. The van der Waals surface area contributed by atoms with Gasteiger partial charge >= 0.3 is 0 Å². The van der Waals surface area contributed by atoms with E-state index in [-0.39, 0.29) is 21.7 Å². The fourth-order valence-corrected chi connectivity index (χ4v) is 17.2. The summed E-state index contributed by atoms with van der Waals surface area (Å²) >= 11 is 0. The van der Waals surface area contributed by atoms with Crippen molar-refractivity contribution in [3.8, 4) is 55.6 Å². The Balaban J connectivity index is 1.04. The molecule has 0 spiro atoms. The van der Waals surface area contributed by atoms with E-state index in [1.165, 1.54) is 226 Å². The maximum atomic E-state index is 2.78. The highest BCUT2D eigenvalue weighted by atomic mass is 14.5. The van der Waals surface area contributed by atoms with Crippen LogP contribution >= 0.6 is 0 Å². The molecule has 14 rings (SSSR count). The van der Waals surface area contributed by atoms with E-state index in [4.69, 9.17) is 0 Å². The van der Waals surface area contributed by atoms with E-state index in [1.807, 2.05) is 0 Å². The Morgan fingerprint density at radius 3 is 1.24 bits per heavy atom. The maximum Gasteiger partial charge on any atom is 0.0713 e. The normalized spacial score (nSPS) is 14.0. The molecule has 0 aliphatic heterocycles. The molecule has 0 amide bonds. The van der Waals surface area contributed by atoms with Crippen LogP contribution in [0.4, 0.5) is 0 Å². The van der Waals surface area contributed by atoms with Gasteiger partial charge in [-0.1, -0.05) is 347 Å². The highest BCUT2D eigenvalue weighted by Crippen LogP contribution is 2.63. The van der Waals surface area contributed by atoms with Gasteiger partial charge in [0.1, 0.15) is 0 Å². The van der Waals surface area contributed by atoms with Crippen LogP contribution in [-0.4, -0.2) is 0 Å². The standard InChI is InChI=1S/C95H100/c1-13-15-17-19-21-27-55-94(56-28-22-20-18-16-14-2)85-59-67(40-52-75(85)81-62-88-82(61-86(81)94)76-51-39-63(3)57-87(76)95(88,70-46-42-68(43-47-70)91(4,5)6)71-48-44-69(45-49-71)92(7,8)9)66-41-53-79-83(58-66)89(77-37-29-33-64-31-23-25-35-73(64)77)80-54-50-72(93(10,11)12)60-84(80)90(79)78-38-30-34-65-32-24-26-36-74(65)78/h23-26,29-54,57-62H,13-22,27-28,55-56H2,1-12H3. The van der Waals surface area contributed by atoms with Gasteiger partial charge in [0.2, 0.25) is 0 Å². The molecule has 0 unspecified atom stereocenters. The SMILES string of the molecule is CCCCCCCCC1(CCCCCCCC)c2cc(-c3ccc4c(-c5cccc6ccccc56)c5cc(C(C)(C)C)ccc5c(-c5cccc6ccccc56)c4c3)ccc2-c2cc3c(cc21)-c1ccc(C)cc1C3(c1ccc(C(C)(C)C)cc1)c1ccc(C(C)(C)C)cc1. The second kappa shape index (κ2) is 25.3. The first-order chi connectivity index (χ1) is 45.8. The molecule has 2 aliphatic rings. The van der Waals surface area contributed by atoms with Gasteiger partial charge in [-0.05, 0) is 215 Å².